The first-order chi connectivity index (χ1) is 11.1. The van der Waals surface area contributed by atoms with E-state index in [1.165, 1.54) is 9.80 Å². The molecule has 0 aromatic carbocycles. The Kier molecular flexibility index (Phi) is 5.02. The van der Waals surface area contributed by atoms with Crippen LogP contribution in [0.25, 0.3) is 0 Å². The highest BCUT2D eigenvalue weighted by atomic mass is 16.2. The van der Waals surface area contributed by atoms with Crippen molar-refractivity contribution in [2.75, 3.05) is 6.67 Å². The zero-order chi connectivity index (χ0) is 18.2. The van der Waals surface area contributed by atoms with Gasteiger partial charge >= 0.3 is 0 Å². The zero-order valence-corrected chi connectivity index (χ0v) is 15.2. The monoisotopic (exact) mass is 332 g/mol. The summed E-state index contributed by atoms with van der Waals surface area (Å²) >= 11 is 0. The summed E-state index contributed by atoms with van der Waals surface area (Å²) in [6.45, 7) is 15.9. The lowest BCUT2D eigenvalue weighted by molar-refractivity contribution is -0.143. The SMILES string of the molecule is C=C1CC(=C)N(CN2C(=O)CC(C(C)(C)CC(C)CC)C2=O)C1=O. The number of carbonyl (C=O) groups excluding carboxylic acids is 3. The molecule has 2 atom stereocenters. The Bertz CT molecular complexity index is 606. The average molecular weight is 332 g/mol. The zero-order valence-electron chi connectivity index (χ0n) is 15.2. The Morgan fingerprint density at radius 2 is 1.83 bits per heavy atom. The molecule has 2 rings (SSSR count). The van der Waals surface area contributed by atoms with E-state index in [-0.39, 0.29) is 42.1 Å². The van der Waals surface area contributed by atoms with Gasteiger partial charge < -0.3 is 0 Å². The van der Waals surface area contributed by atoms with E-state index in [0.29, 0.717) is 23.6 Å². The summed E-state index contributed by atoms with van der Waals surface area (Å²) in [6.07, 6.45) is 2.56. The lowest BCUT2D eigenvalue weighted by Crippen LogP contribution is -2.43. The number of hydrogen-bond acceptors (Lipinski definition) is 3. The minimum Gasteiger partial charge on any atom is -0.294 e. The van der Waals surface area contributed by atoms with E-state index >= 15 is 0 Å². The molecule has 0 bridgehead atoms. The second-order valence-electron chi connectivity index (χ2n) is 7.84. The van der Waals surface area contributed by atoms with E-state index < -0.39 is 0 Å². The van der Waals surface area contributed by atoms with E-state index in [1.54, 1.807) is 0 Å². The van der Waals surface area contributed by atoms with Gasteiger partial charge in [0.05, 0.1) is 5.92 Å². The highest BCUT2D eigenvalue weighted by Crippen LogP contribution is 2.41. The van der Waals surface area contributed by atoms with Crippen LogP contribution in [-0.2, 0) is 14.4 Å². The van der Waals surface area contributed by atoms with Crippen molar-refractivity contribution in [1.29, 1.82) is 0 Å². The summed E-state index contributed by atoms with van der Waals surface area (Å²) in [5, 5.41) is 0. The largest absolute Gasteiger partial charge is 0.294 e. The van der Waals surface area contributed by atoms with Crippen LogP contribution in [0.1, 0.15) is 53.4 Å². The van der Waals surface area contributed by atoms with E-state index in [0.717, 1.165) is 12.8 Å². The number of likely N-dealkylation sites (tertiary alicyclic amines) is 2. The fourth-order valence-corrected chi connectivity index (χ4v) is 3.68. The molecule has 0 radical (unpaired) electrons. The first-order valence-corrected chi connectivity index (χ1v) is 8.60. The minimum absolute atomic E-state index is 0.0374. The summed E-state index contributed by atoms with van der Waals surface area (Å²) in [7, 11) is 0. The molecule has 5 heteroatoms. The molecule has 2 aliphatic rings. The number of allylic oxidation sites excluding steroid dienone is 1. The molecule has 3 amide bonds. The number of amides is 3. The van der Waals surface area contributed by atoms with Crippen molar-refractivity contribution in [1.82, 2.24) is 9.80 Å². The molecular formula is C19H28N2O3. The molecule has 2 heterocycles. The van der Waals surface area contributed by atoms with Crippen LogP contribution in [0.3, 0.4) is 0 Å². The molecule has 0 aromatic heterocycles. The van der Waals surface area contributed by atoms with Crippen molar-refractivity contribution in [2.24, 2.45) is 17.3 Å². The molecule has 132 valence electrons. The first kappa shape index (κ1) is 18.4. The van der Waals surface area contributed by atoms with Crippen molar-refractivity contribution in [3.8, 4) is 0 Å². The molecular weight excluding hydrogens is 304 g/mol. The molecule has 0 saturated carbocycles. The van der Waals surface area contributed by atoms with E-state index in [4.69, 9.17) is 0 Å². The lowest BCUT2D eigenvalue weighted by atomic mass is 9.72. The predicted octanol–water partition coefficient (Wildman–Crippen LogP) is 3.08. The van der Waals surface area contributed by atoms with Gasteiger partial charge in [0.2, 0.25) is 11.8 Å². The van der Waals surface area contributed by atoms with Crippen LogP contribution >= 0.6 is 0 Å². The van der Waals surface area contributed by atoms with E-state index in [2.05, 4.69) is 40.9 Å². The maximum absolute atomic E-state index is 12.8. The number of rotatable bonds is 6. The van der Waals surface area contributed by atoms with Crippen LogP contribution in [0.4, 0.5) is 0 Å². The Labute approximate surface area is 144 Å². The molecule has 5 nitrogen and oxygen atoms in total. The van der Waals surface area contributed by atoms with Crippen LogP contribution in [0.15, 0.2) is 24.4 Å². The first-order valence-electron chi connectivity index (χ1n) is 8.60. The number of carbonyl (C=O) groups is 3. The van der Waals surface area contributed by atoms with Gasteiger partial charge in [-0.15, -0.1) is 0 Å². The summed E-state index contributed by atoms with van der Waals surface area (Å²) in [6, 6.07) is 0. The van der Waals surface area contributed by atoms with Gasteiger partial charge in [-0.1, -0.05) is 47.3 Å². The van der Waals surface area contributed by atoms with Gasteiger partial charge in [0, 0.05) is 24.1 Å². The number of imide groups is 1. The van der Waals surface area contributed by atoms with Crippen LogP contribution in [0.2, 0.25) is 0 Å². The van der Waals surface area contributed by atoms with Crippen LogP contribution in [0, 0.1) is 17.3 Å². The van der Waals surface area contributed by atoms with Crippen LogP contribution < -0.4 is 0 Å². The average Bonchev–Trinajstić information content (AvgIpc) is 2.91. The molecule has 2 fully saturated rings. The quantitative estimate of drug-likeness (QED) is 0.555. The highest BCUT2D eigenvalue weighted by molar-refractivity contribution is 6.05. The summed E-state index contributed by atoms with van der Waals surface area (Å²) < 4.78 is 0. The Morgan fingerprint density at radius 3 is 2.33 bits per heavy atom. The number of hydrogen-bond donors (Lipinski definition) is 0. The molecule has 0 spiro atoms. The molecule has 0 aliphatic carbocycles. The van der Waals surface area contributed by atoms with Crippen molar-refractivity contribution < 1.29 is 14.4 Å². The van der Waals surface area contributed by atoms with Crippen molar-refractivity contribution in [3.63, 3.8) is 0 Å². The Morgan fingerprint density at radius 1 is 1.21 bits per heavy atom. The minimum atomic E-state index is -0.326. The van der Waals surface area contributed by atoms with Crippen molar-refractivity contribution in [2.45, 2.75) is 53.4 Å². The van der Waals surface area contributed by atoms with Gasteiger partial charge in [0.1, 0.15) is 6.67 Å². The third-order valence-corrected chi connectivity index (χ3v) is 5.39. The van der Waals surface area contributed by atoms with Crippen molar-refractivity contribution in [3.05, 3.63) is 24.4 Å². The van der Waals surface area contributed by atoms with Crippen LogP contribution in [0.5, 0.6) is 0 Å². The highest BCUT2D eigenvalue weighted by Gasteiger charge is 2.48. The maximum atomic E-state index is 12.8. The van der Waals surface area contributed by atoms with Gasteiger partial charge in [0.15, 0.2) is 0 Å². The number of nitrogens with zero attached hydrogens (tertiary/aromatic N) is 2. The van der Waals surface area contributed by atoms with Gasteiger partial charge in [0.25, 0.3) is 5.91 Å². The molecule has 0 N–H and O–H groups in total. The fourth-order valence-electron chi connectivity index (χ4n) is 3.68. The Hall–Kier alpha value is -1.91. The molecule has 2 unspecified atom stereocenters. The maximum Gasteiger partial charge on any atom is 0.255 e. The van der Waals surface area contributed by atoms with Gasteiger partial charge in [-0.05, 0) is 17.8 Å². The summed E-state index contributed by atoms with van der Waals surface area (Å²) in [5.41, 5.74) is 0.799. The Balaban J connectivity index is 2.13. The van der Waals surface area contributed by atoms with Gasteiger partial charge in [-0.25, -0.2) is 0 Å². The fraction of sp³-hybridized carbons (Fsp3) is 0.632. The predicted molar refractivity (Wildman–Crippen MR) is 92.4 cm³/mol. The van der Waals surface area contributed by atoms with Gasteiger partial charge in [-0.2, -0.15) is 0 Å². The molecule has 2 aliphatic heterocycles. The van der Waals surface area contributed by atoms with E-state index in [1.807, 2.05) is 0 Å². The lowest BCUT2D eigenvalue weighted by Gasteiger charge is -2.32. The third kappa shape index (κ3) is 3.30. The van der Waals surface area contributed by atoms with E-state index in [9.17, 15) is 14.4 Å². The second kappa shape index (κ2) is 6.54. The third-order valence-electron chi connectivity index (χ3n) is 5.39. The summed E-state index contributed by atoms with van der Waals surface area (Å²) in [4.78, 5) is 39.9. The molecule has 0 aromatic rings. The van der Waals surface area contributed by atoms with Gasteiger partial charge in [-0.3, -0.25) is 24.2 Å². The summed E-state index contributed by atoms with van der Waals surface area (Å²) in [5.74, 6) is -0.456. The normalized spacial score (nSPS) is 23.7. The molecule has 24 heavy (non-hydrogen) atoms. The van der Waals surface area contributed by atoms with Crippen LogP contribution in [-0.4, -0.2) is 34.2 Å². The standard InChI is InChI=1S/C19H28N2O3/c1-7-12(2)10-19(5,6)15-9-16(22)21(18(15)24)11-20-14(4)8-13(3)17(20)23/h12,15H,3-4,7-11H2,1-2,5-6H3. The smallest absolute Gasteiger partial charge is 0.255 e. The molecule has 2 saturated heterocycles. The second-order valence-corrected chi connectivity index (χ2v) is 7.84. The van der Waals surface area contributed by atoms with Crippen molar-refractivity contribution >= 4 is 17.7 Å². The topological polar surface area (TPSA) is 57.7 Å².